The highest BCUT2D eigenvalue weighted by Crippen LogP contribution is 2.33. The van der Waals surface area contributed by atoms with E-state index in [-0.39, 0.29) is 5.92 Å². The topological polar surface area (TPSA) is 63.1 Å². The van der Waals surface area contributed by atoms with E-state index < -0.39 is 5.97 Å². The Balaban J connectivity index is 2.57. The molecule has 0 aliphatic carbocycles. The Hall–Kier alpha value is -1.75. The van der Waals surface area contributed by atoms with Crippen molar-refractivity contribution in [3.63, 3.8) is 0 Å². The van der Waals surface area contributed by atoms with Crippen molar-refractivity contribution in [3.8, 4) is 10.6 Å². The van der Waals surface area contributed by atoms with E-state index in [0.29, 0.717) is 10.6 Å². The Bertz CT molecular complexity index is 605. The number of carboxylic acids is 1. The Morgan fingerprint density at radius 3 is 2.74 bits per heavy atom. The molecular formula is C14H16N2O2S. The molecular weight excluding hydrogens is 260 g/mol. The third kappa shape index (κ3) is 2.66. The molecule has 0 aliphatic heterocycles. The van der Waals surface area contributed by atoms with E-state index in [9.17, 15) is 9.90 Å². The number of aromatic carboxylic acids is 1. The van der Waals surface area contributed by atoms with Crippen LogP contribution < -0.4 is 0 Å². The van der Waals surface area contributed by atoms with Crippen molar-refractivity contribution in [3.05, 3.63) is 34.6 Å². The lowest BCUT2D eigenvalue weighted by molar-refractivity contribution is 0.0700. The number of hydrogen-bond acceptors (Lipinski definition) is 4. The molecule has 4 nitrogen and oxygen atoms in total. The number of aromatic nitrogens is 2. The molecule has 0 unspecified atom stereocenters. The van der Waals surface area contributed by atoms with E-state index >= 15 is 0 Å². The van der Waals surface area contributed by atoms with Gasteiger partial charge in [-0.3, -0.25) is 4.98 Å². The Kier molecular flexibility index (Phi) is 3.95. The summed E-state index contributed by atoms with van der Waals surface area (Å²) in [5, 5.41) is 10.0. The zero-order valence-electron chi connectivity index (χ0n) is 11.2. The summed E-state index contributed by atoms with van der Waals surface area (Å²) in [6, 6.07) is 1.90. The number of carbonyl (C=O) groups is 1. The molecule has 0 radical (unpaired) electrons. The lowest BCUT2D eigenvalue weighted by Crippen LogP contribution is -2.00. The van der Waals surface area contributed by atoms with E-state index in [2.05, 4.69) is 16.9 Å². The summed E-state index contributed by atoms with van der Waals surface area (Å²) in [6.45, 7) is 5.96. The lowest BCUT2D eigenvalue weighted by Gasteiger charge is -2.03. The van der Waals surface area contributed by atoms with E-state index in [4.69, 9.17) is 0 Å². The number of thiazole rings is 1. The fraction of sp³-hybridized carbons (Fsp3) is 0.357. The minimum atomic E-state index is -0.903. The normalized spacial score (nSPS) is 10.9. The maximum absolute atomic E-state index is 11.3. The third-order valence-electron chi connectivity index (χ3n) is 2.91. The Labute approximate surface area is 116 Å². The van der Waals surface area contributed by atoms with Crippen LogP contribution in [0.1, 0.15) is 47.6 Å². The smallest absolute Gasteiger partial charge is 0.347 e. The number of nitrogens with zero attached hydrogens (tertiary/aromatic N) is 2. The Morgan fingerprint density at radius 2 is 2.21 bits per heavy atom. The molecule has 0 aromatic carbocycles. The standard InChI is InChI=1S/C14H16N2O2S/c1-4-9-7-15-6-5-10(9)13-16-11(8(2)3)12(19-13)14(17)18/h5-8H,4H2,1-3H3,(H,17,18). The van der Waals surface area contributed by atoms with Crippen LogP contribution in [0.25, 0.3) is 10.6 Å². The highest BCUT2D eigenvalue weighted by Gasteiger charge is 2.21. The first-order valence-electron chi connectivity index (χ1n) is 6.21. The highest BCUT2D eigenvalue weighted by atomic mass is 32.1. The molecule has 100 valence electrons. The molecule has 2 aromatic heterocycles. The average Bonchev–Trinajstić information content (AvgIpc) is 2.84. The number of aryl methyl sites for hydroxylation is 1. The van der Waals surface area contributed by atoms with Crippen molar-refractivity contribution in [2.45, 2.75) is 33.1 Å². The molecule has 19 heavy (non-hydrogen) atoms. The van der Waals surface area contributed by atoms with Crippen molar-refractivity contribution in [2.75, 3.05) is 0 Å². The molecule has 0 saturated carbocycles. The largest absolute Gasteiger partial charge is 0.477 e. The molecule has 0 saturated heterocycles. The maximum atomic E-state index is 11.3. The van der Waals surface area contributed by atoms with Crippen LogP contribution in [0.2, 0.25) is 0 Å². The summed E-state index contributed by atoms with van der Waals surface area (Å²) in [5.41, 5.74) is 2.73. The van der Waals surface area contributed by atoms with Gasteiger partial charge in [-0.1, -0.05) is 20.8 Å². The van der Waals surface area contributed by atoms with Crippen LogP contribution in [0.15, 0.2) is 18.5 Å². The number of hydrogen-bond donors (Lipinski definition) is 1. The van der Waals surface area contributed by atoms with Gasteiger partial charge in [0.15, 0.2) is 0 Å². The summed E-state index contributed by atoms with van der Waals surface area (Å²) >= 11 is 1.24. The van der Waals surface area contributed by atoms with Gasteiger partial charge in [-0.25, -0.2) is 9.78 Å². The summed E-state index contributed by atoms with van der Waals surface area (Å²) in [4.78, 5) is 20.2. The van der Waals surface area contributed by atoms with Gasteiger partial charge >= 0.3 is 5.97 Å². The molecule has 0 fully saturated rings. The van der Waals surface area contributed by atoms with E-state index in [1.54, 1.807) is 6.20 Å². The van der Waals surface area contributed by atoms with Crippen LogP contribution in [0.5, 0.6) is 0 Å². The van der Waals surface area contributed by atoms with Crippen LogP contribution in [0.4, 0.5) is 0 Å². The van der Waals surface area contributed by atoms with Gasteiger partial charge < -0.3 is 5.11 Å². The second kappa shape index (κ2) is 5.48. The van der Waals surface area contributed by atoms with Crippen LogP contribution in [-0.4, -0.2) is 21.0 Å². The first-order valence-corrected chi connectivity index (χ1v) is 7.03. The van der Waals surface area contributed by atoms with Crippen molar-refractivity contribution >= 4 is 17.3 Å². The summed E-state index contributed by atoms with van der Waals surface area (Å²) < 4.78 is 0. The number of rotatable bonds is 4. The van der Waals surface area contributed by atoms with Crippen LogP contribution in [0.3, 0.4) is 0 Å². The average molecular weight is 276 g/mol. The minimum absolute atomic E-state index is 0.100. The zero-order chi connectivity index (χ0) is 14.0. The van der Waals surface area contributed by atoms with Crippen LogP contribution >= 0.6 is 11.3 Å². The second-order valence-corrected chi connectivity index (χ2v) is 5.58. The monoisotopic (exact) mass is 276 g/mol. The first-order chi connectivity index (χ1) is 9.04. The second-order valence-electron chi connectivity index (χ2n) is 4.58. The van der Waals surface area contributed by atoms with Crippen molar-refractivity contribution in [1.82, 2.24) is 9.97 Å². The van der Waals surface area contributed by atoms with Crippen LogP contribution in [0, 0.1) is 0 Å². The Morgan fingerprint density at radius 1 is 1.47 bits per heavy atom. The molecule has 0 spiro atoms. The lowest BCUT2D eigenvalue weighted by atomic mass is 10.1. The summed E-state index contributed by atoms with van der Waals surface area (Å²) in [7, 11) is 0. The summed E-state index contributed by atoms with van der Waals surface area (Å²) in [5.74, 6) is -0.803. The van der Waals surface area contributed by atoms with E-state index in [1.165, 1.54) is 11.3 Å². The van der Waals surface area contributed by atoms with Gasteiger partial charge in [-0.2, -0.15) is 0 Å². The van der Waals surface area contributed by atoms with Gasteiger partial charge in [0.2, 0.25) is 0 Å². The van der Waals surface area contributed by atoms with Gasteiger partial charge in [-0.15, -0.1) is 11.3 Å². The van der Waals surface area contributed by atoms with Gasteiger partial charge in [0.25, 0.3) is 0 Å². The van der Waals surface area contributed by atoms with Crippen LogP contribution in [-0.2, 0) is 6.42 Å². The van der Waals surface area contributed by atoms with Gasteiger partial charge in [-0.05, 0) is 24.0 Å². The maximum Gasteiger partial charge on any atom is 0.347 e. The molecule has 0 amide bonds. The van der Waals surface area contributed by atoms with Gasteiger partial charge in [0, 0.05) is 18.0 Å². The zero-order valence-corrected chi connectivity index (χ0v) is 12.0. The van der Waals surface area contributed by atoms with Crippen molar-refractivity contribution in [1.29, 1.82) is 0 Å². The molecule has 5 heteroatoms. The third-order valence-corrected chi connectivity index (χ3v) is 4.00. The van der Waals surface area contributed by atoms with Gasteiger partial charge in [0.05, 0.1) is 5.69 Å². The minimum Gasteiger partial charge on any atom is -0.477 e. The highest BCUT2D eigenvalue weighted by molar-refractivity contribution is 7.17. The number of carboxylic acid groups (broad SMARTS) is 1. The van der Waals surface area contributed by atoms with E-state index in [0.717, 1.165) is 22.6 Å². The first kappa shape index (κ1) is 13.7. The van der Waals surface area contributed by atoms with Crippen molar-refractivity contribution in [2.24, 2.45) is 0 Å². The predicted octanol–water partition coefficient (Wildman–Crippen LogP) is 3.59. The summed E-state index contributed by atoms with van der Waals surface area (Å²) in [6.07, 6.45) is 4.37. The fourth-order valence-electron chi connectivity index (χ4n) is 1.91. The van der Waals surface area contributed by atoms with E-state index in [1.807, 2.05) is 26.1 Å². The SMILES string of the molecule is CCc1cnccc1-c1nc(C(C)C)c(C(=O)O)s1. The quantitative estimate of drug-likeness (QED) is 0.927. The molecule has 0 bridgehead atoms. The molecule has 2 aromatic rings. The van der Waals surface area contributed by atoms with Gasteiger partial charge in [0.1, 0.15) is 9.88 Å². The van der Waals surface area contributed by atoms with Crippen molar-refractivity contribution < 1.29 is 9.90 Å². The molecule has 0 atom stereocenters. The fourth-order valence-corrected chi connectivity index (χ4v) is 3.03. The molecule has 0 aliphatic rings. The predicted molar refractivity (Wildman–Crippen MR) is 75.8 cm³/mol. The number of pyridine rings is 1. The molecule has 2 heterocycles. The molecule has 1 N–H and O–H groups in total. The molecule has 2 rings (SSSR count).